The van der Waals surface area contributed by atoms with Crippen molar-refractivity contribution < 1.29 is 9.59 Å². The van der Waals surface area contributed by atoms with Crippen LogP contribution in [0.2, 0.25) is 0 Å². The third-order valence-corrected chi connectivity index (χ3v) is 4.15. The van der Waals surface area contributed by atoms with Gasteiger partial charge in [-0.05, 0) is 50.5 Å². The molecule has 0 aliphatic carbocycles. The third kappa shape index (κ3) is 4.06. The number of nitrogens with one attached hydrogen (secondary N) is 1. The Kier molecular flexibility index (Phi) is 5.37. The van der Waals surface area contributed by atoms with Gasteiger partial charge in [-0.1, -0.05) is 19.8 Å². The number of likely N-dealkylation sites (tertiary alicyclic amines) is 1. The molecule has 4 nitrogen and oxygen atoms in total. The van der Waals surface area contributed by atoms with Crippen molar-refractivity contribution in [2.24, 2.45) is 0 Å². The number of benzene rings is 1. The normalized spacial score (nSPS) is 19.0. The van der Waals surface area contributed by atoms with Gasteiger partial charge in [-0.3, -0.25) is 4.79 Å². The zero-order valence-electron chi connectivity index (χ0n) is 12.9. The summed E-state index contributed by atoms with van der Waals surface area (Å²) in [6.07, 6.45) is 5.57. The van der Waals surface area contributed by atoms with Gasteiger partial charge in [-0.25, -0.2) is 4.79 Å². The fraction of sp³-hybridized carbons (Fsp3) is 0.529. The molecule has 0 radical (unpaired) electrons. The van der Waals surface area contributed by atoms with Crippen LogP contribution in [0, 0.1) is 0 Å². The highest BCUT2D eigenvalue weighted by molar-refractivity contribution is 5.95. The molecule has 2 rings (SSSR count). The summed E-state index contributed by atoms with van der Waals surface area (Å²) in [6, 6.07) is 7.37. The quantitative estimate of drug-likeness (QED) is 0.852. The molecule has 0 spiro atoms. The largest absolute Gasteiger partial charge is 0.322 e. The predicted molar refractivity (Wildman–Crippen MR) is 84.7 cm³/mol. The first-order valence-corrected chi connectivity index (χ1v) is 7.80. The van der Waals surface area contributed by atoms with Crippen LogP contribution < -0.4 is 5.32 Å². The fourth-order valence-electron chi connectivity index (χ4n) is 2.85. The summed E-state index contributed by atoms with van der Waals surface area (Å²) in [5, 5.41) is 2.95. The van der Waals surface area contributed by atoms with Gasteiger partial charge in [0.15, 0.2) is 5.78 Å². The standard InChI is InChI=1S/C17H24N2O2/c1-3-16-7-5-4-6-12-19(16)17(21)18-15-10-8-14(9-11-15)13(2)20/h8-11,16H,3-7,12H2,1-2H3,(H,18,21). The Morgan fingerprint density at radius 1 is 1.19 bits per heavy atom. The number of rotatable bonds is 3. The Morgan fingerprint density at radius 2 is 1.90 bits per heavy atom. The van der Waals surface area contributed by atoms with Crippen molar-refractivity contribution in [3.63, 3.8) is 0 Å². The lowest BCUT2D eigenvalue weighted by Crippen LogP contribution is -2.42. The first-order valence-electron chi connectivity index (χ1n) is 7.80. The summed E-state index contributed by atoms with van der Waals surface area (Å²) in [4.78, 5) is 25.7. The van der Waals surface area contributed by atoms with Crippen molar-refractivity contribution in [2.75, 3.05) is 11.9 Å². The van der Waals surface area contributed by atoms with Crippen molar-refractivity contribution >= 4 is 17.5 Å². The van der Waals surface area contributed by atoms with Gasteiger partial charge >= 0.3 is 6.03 Å². The van der Waals surface area contributed by atoms with Crippen LogP contribution in [-0.4, -0.2) is 29.3 Å². The van der Waals surface area contributed by atoms with Crippen LogP contribution in [0.15, 0.2) is 24.3 Å². The summed E-state index contributed by atoms with van der Waals surface area (Å²) in [5.74, 6) is 0.0337. The second kappa shape index (κ2) is 7.25. The molecule has 1 atom stereocenters. The molecule has 4 heteroatoms. The molecule has 114 valence electrons. The number of urea groups is 1. The van der Waals surface area contributed by atoms with Crippen molar-refractivity contribution in [1.29, 1.82) is 0 Å². The van der Waals surface area contributed by atoms with Gasteiger partial charge < -0.3 is 10.2 Å². The molecule has 1 aromatic carbocycles. The molecule has 21 heavy (non-hydrogen) atoms. The molecule has 0 saturated carbocycles. The maximum Gasteiger partial charge on any atom is 0.322 e. The number of hydrogen-bond donors (Lipinski definition) is 1. The molecule has 1 saturated heterocycles. The van der Waals surface area contributed by atoms with E-state index in [2.05, 4.69) is 12.2 Å². The van der Waals surface area contributed by atoms with E-state index in [1.807, 2.05) is 4.90 Å². The molecule has 1 unspecified atom stereocenters. The maximum atomic E-state index is 12.5. The highest BCUT2D eigenvalue weighted by Gasteiger charge is 2.23. The lowest BCUT2D eigenvalue weighted by molar-refractivity contribution is 0.101. The average molecular weight is 288 g/mol. The van der Waals surface area contributed by atoms with E-state index in [0.29, 0.717) is 11.6 Å². The summed E-state index contributed by atoms with van der Waals surface area (Å²) in [6.45, 7) is 4.50. The van der Waals surface area contributed by atoms with Crippen LogP contribution in [-0.2, 0) is 0 Å². The number of carbonyl (C=O) groups is 2. The van der Waals surface area contributed by atoms with E-state index in [4.69, 9.17) is 0 Å². The molecule has 1 aliphatic rings. The third-order valence-electron chi connectivity index (χ3n) is 4.15. The minimum atomic E-state index is -0.0284. The summed E-state index contributed by atoms with van der Waals surface area (Å²) < 4.78 is 0. The van der Waals surface area contributed by atoms with Gasteiger partial charge in [0, 0.05) is 23.8 Å². The van der Waals surface area contributed by atoms with Gasteiger partial charge in [0.05, 0.1) is 0 Å². The van der Waals surface area contributed by atoms with Crippen molar-refractivity contribution in [3.8, 4) is 0 Å². The Morgan fingerprint density at radius 3 is 2.52 bits per heavy atom. The number of amides is 2. The SMILES string of the molecule is CCC1CCCCCN1C(=O)Nc1ccc(C(C)=O)cc1. The van der Waals surface area contributed by atoms with Crippen molar-refractivity contribution in [2.45, 2.75) is 52.0 Å². The summed E-state index contributed by atoms with van der Waals surface area (Å²) >= 11 is 0. The zero-order chi connectivity index (χ0) is 15.2. The van der Waals surface area contributed by atoms with Crippen LogP contribution in [0.5, 0.6) is 0 Å². The molecule has 0 aromatic heterocycles. The molecule has 1 heterocycles. The molecule has 0 bridgehead atoms. The summed E-state index contributed by atoms with van der Waals surface area (Å²) in [5.41, 5.74) is 1.40. The highest BCUT2D eigenvalue weighted by atomic mass is 16.2. The number of Topliss-reactive ketones (excluding diaryl/α,β-unsaturated/α-hetero) is 1. The highest BCUT2D eigenvalue weighted by Crippen LogP contribution is 2.20. The van der Waals surface area contributed by atoms with Crippen molar-refractivity contribution in [1.82, 2.24) is 4.90 Å². The number of ketones is 1. The van der Waals surface area contributed by atoms with Crippen LogP contribution >= 0.6 is 0 Å². The number of carbonyl (C=O) groups excluding carboxylic acids is 2. The smallest absolute Gasteiger partial charge is 0.322 e. The number of anilines is 1. The van der Waals surface area contributed by atoms with Crippen LogP contribution in [0.25, 0.3) is 0 Å². The van der Waals surface area contributed by atoms with E-state index < -0.39 is 0 Å². The van der Waals surface area contributed by atoms with E-state index in [0.717, 1.165) is 31.5 Å². The van der Waals surface area contributed by atoms with E-state index in [-0.39, 0.29) is 11.8 Å². The zero-order valence-corrected chi connectivity index (χ0v) is 12.9. The Hall–Kier alpha value is -1.84. The molecular formula is C17H24N2O2. The predicted octanol–water partition coefficient (Wildman–Crippen LogP) is 4.08. The van der Waals surface area contributed by atoms with Gasteiger partial charge in [-0.2, -0.15) is 0 Å². The fourth-order valence-corrected chi connectivity index (χ4v) is 2.85. The van der Waals surface area contributed by atoms with Gasteiger partial charge in [0.1, 0.15) is 0 Å². The second-order valence-electron chi connectivity index (χ2n) is 5.67. The first-order chi connectivity index (χ1) is 10.1. The lowest BCUT2D eigenvalue weighted by atomic mass is 10.1. The minimum absolute atomic E-state index is 0.0284. The second-order valence-corrected chi connectivity index (χ2v) is 5.67. The summed E-state index contributed by atoms with van der Waals surface area (Å²) in [7, 11) is 0. The van der Waals surface area contributed by atoms with Gasteiger partial charge in [0.2, 0.25) is 0 Å². The van der Waals surface area contributed by atoms with E-state index in [1.165, 1.54) is 19.8 Å². The number of hydrogen-bond acceptors (Lipinski definition) is 2. The molecular weight excluding hydrogens is 264 g/mol. The molecule has 2 amide bonds. The lowest BCUT2D eigenvalue weighted by Gasteiger charge is -2.29. The van der Waals surface area contributed by atoms with Gasteiger partial charge in [0.25, 0.3) is 0 Å². The molecule has 1 aliphatic heterocycles. The van der Waals surface area contributed by atoms with Gasteiger partial charge in [-0.15, -0.1) is 0 Å². The Labute approximate surface area is 126 Å². The molecule has 1 aromatic rings. The topological polar surface area (TPSA) is 49.4 Å². The van der Waals surface area contributed by atoms with E-state index in [9.17, 15) is 9.59 Å². The minimum Gasteiger partial charge on any atom is -0.322 e. The van der Waals surface area contributed by atoms with Crippen LogP contribution in [0.3, 0.4) is 0 Å². The van der Waals surface area contributed by atoms with Crippen LogP contribution in [0.1, 0.15) is 56.3 Å². The number of nitrogens with zero attached hydrogens (tertiary/aromatic N) is 1. The molecule has 1 fully saturated rings. The van der Waals surface area contributed by atoms with E-state index in [1.54, 1.807) is 24.3 Å². The van der Waals surface area contributed by atoms with Crippen molar-refractivity contribution in [3.05, 3.63) is 29.8 Å². The monoisotopic (exact) mass is 288 g/mol. The maximum absolute atomic E-state index is 12.5. The Balaban J connectivity index is 2.03. The van der Waals surface area contributed by atoms with E-state index >= 15 is 0 Å². The molecule has 1 N–H and O–H groups in total. The van der Waals surface area contributed by atoms with Crippen LogP contribution in [0.4, 0.5) is 10.5 Å². The first kappa shape index (κ1) is 15.5. The Bertz CT molecular complexity index is 496. The average Bonchev–Trinajstić information content (AvgIpc) is 2.72.